The summed E-state index contributed by atoms with van der Waals surface area (Å²) in [5, 5.41) is 37.2. The summed E-state index contributed by atoms with van der Waals surface area (Å²) in [6, 6.07) is 8.45. The molecule has 0 bridgehead atoms. The predicted octanol–water partition coefficient (Wildman–Crippen LogP) is -0.0743. The van der Waals surface area contributed by atoms with Gasteiger partial charge < -0.3 is 42.0 Å². The van der Waals surface area contributed by atoms with Crippen LogP contribution < -0.4 is 21.7 Å². The molecule has 208 valence electrons. The third kappa shape index (κ3) is 7.79. The number of amides is 3. The molecule has 5 atom stereocenters. The Kier molecular flexibility index (Phi) is 9.63. The number of para-hydroxylation sites is 1. The average molecular weight is 540 g/mol. The van der Waals surface area contributed by atoms with Crippen molar-refractivity contribution in [3.63, 3.8) is 0 Å². The van der Waals surface area contributed by atoms with Gasteiger partial charge in [0.1, 0.15) is 23.9 Å². The Morgan fingerprint density at radius 1 is 0.897 bits per heavy atom. The number of benzene rings is 2. The molecule has 9 N–H and O–H groups in total. The molecule has 0 saturated carbocycles. The second-order valence-corrected chi connectivity index (χ2v) is 9.40. The highest BCUT2D eigenvalue weighted by Crippen LogP contribution is 2.19. The summed E-state index contributed by atoms with van der Waals surface area (Å²) in [6.07, 6.45) is 0.527. The van der Waals surface area contributed by atoms with Gasteiger partial charge in [-0.2, -0.15) is 0 Å². The first-order valence-electron chi connectivity index (χ1n) is 12.4. The summed E-state index contributed by atoms with van der Waals surface area (Å²) in [5.74, 6) is -3.59. The lowest BCUT2D eigenvalue weighted by Crippen LogP contribution is -2.59. The van der Waals surface area contributed by atoms with Crippen molar-refractivity contribution in [1.29, 1.82) is 0 Å². The van der Waals surface area contributed by atoms with Crippen LogP contribution in [-0.2, 0) is 32.0 Å². The molecule has 12 heteroatoms. The largest absolute Gasteiger partial charge is 0.508 e. The standard InChI is InChI=1S/C27H33N5O7/c1-14(30-25(36)20(28)12-17-13-29-21-6-4-3-5-19(17)21)24(35)32-23(15(2)33)26(37)31-22(27(38)39)11-16-7-9-18(34)10-8-16/h3-10,13-15,20,22-23,29,33-34H,11-12,28H2,1-2H3,(H,30,36)(H,31,37)(H,32,35)(H,38,39). The molecule has 5 unspecified atom stereocenters. The van der Waals surface area contributed by atoms with E-state index < -0.39 is 54.0 Å². The van der Waals surface area contributed by atoms with E-state index in [-0.39, 0.29) is 18.6 Å². The van der Waals surface area contributed by atoms with E-state index in [1.165, 1.54) is 38.1 Å². The van der Waals surface area contributed by atoms with Crippen molar-refractivity contribution in [2.24, 2.45) is 5.73 Å². The molecule has 0 saturated heterocycles. The van der Waals surface area contributed by atoms with Gasteiger partial charge in [-0.15, -0.1) is 0 Å². The van der Waals surface area contributed by atoms with Crippen molar-refractivity contribution in [2.45, 2.75) is 57.0 Å². The van der Waals surface area contributed by atoms with Gasteiger partial charge in [-0.3, -0.25) is 14.4 Å². The number of carboxylic acid groups (broad SMARTS) is 1. The van der Waals surface area contributed by atoms with Crippen molar-refractivity contribution < 1.29 is 34.5 Å². The molecule has 3 amide bonds. The number of hydrogen-bond donors (Lipinski definition) is 8. The minimum atomic E-state index is -1.49. The first-order valence-corrected chi connectivity index (χ1v) is 12.4. The topological polar surface area (TPSA) is 207 Å². The summed E-state index contributed by atoms with van der Waals surface area (Å²) in [5.41, 5.74) is 8.36. The van der Waals surface area contributed by atoms with Crippen LogP contribution in [0.25, 0.3) is 10.9 Å². The number of fused-ring (bicyclic) bond motifs is 1. The van der Waals surface area contributed by atoms with Gasteiger partial charge in [-0.1, -0.05) is 30.3 Å². The number of aliphatic hydroxyl groups is 1. The van der Waals surface area contributed by atoms with E-state index in [4.69, 9.17) is 5.73 Å². The number of rotatable bonds is 12. The number of phenols is 1. The van der Waals surface area contributed by atoms with E-state index >= 15 is 0 Å². The zero-order valence-corrected chi connectivity index (χ0v) is 21.5. The zero-order valence-electron chi connectivity index (χ0n) is 21.5. The van der Waals surface area contributed by atoms with E-state index in [1.807, 2.05) is 24.3 Å². The first-order chi connectivity index (χ1) is 18.5. The van der Waals surface area contributed by atoms with Gasteiger partial charge in [0, 0.05) is 23.5 Å². The van der Waals surface area contributed by atoms with Crippen LogP contribution in [0.2, 0.25) is 0 Å². The molecule has 0 aliphatic carbocycles. The van der Waals surface area contributed by atoms with E-state index in [0.717, 1.165) is 16.5 Å². The summed E-state index contributed by atoms with van der Waals surface area (Å²) >= 11 is 0. The van der Waals surface area contributed by atoms with Crippen molar-refractivity contribution in [3.8, 4) is 5.75 Å². The number of carbonyl (C=O) groups excluding carboxylic acids is 3. The second-order valence-electron chi connectivity index (χ2n) is 9.40. The molecule has 0 aliphatic rings. The van der Waals surface area contributed by atoms with Gasteiger partial charge in [0.05, 0.1) is 12.1 Å². The number of H-pyrrole nitrogens is 1. The maximum atomic E-state index is 12.8. The lowest BCUT2D eigenvalue weighted by molar-refractivity contribution is -0.143. The van der Waals surface area contributed by atoms with E-state index in [9.17, 15) is 34.5 Å². The number of hydrogen-bond acceptors (Lipinski definition) is 7. The highest BCUT2D eigenvalue weighted by Gasteiger charge is 2.31. The molecular formula is C27H33N5O7. The molecule has 3 aromatic rings. The van der Waals surface area contributed by atoms with Crippen molar-refractivity contribution in [3.05, 3.63) is 65.9 Å². The second kappa shape index (κ2) is 12.9. The van der Waals surface area contributed by atoms with Gasteiger partial charge in [0.15, 0.2) is 0 Å². The van der Waals surface area contributed by atoms with Crippen LogP contribution in [0.5, 0.6) is 5.75 Å². The van der Waals surface area contributed by atoms with Gasteiger partial charge in [0.2, 0.25) is 17.7 Å². The highest BCUT2D eigenvalue weighted by atomic mass is 16.4. The summed E-state index contributed by atoms with van der Waals surface area (Å²) < 4.78 is 0. The number of nitrogens with one attached hydrogen (secondary N) is 4. The van der Waals surface area contributed by atoms with Crippen LogP contribution in [0.3, 0.4) is 0 Å². The van der Waals surface area contributed by atoms with Crippen molar-refractivity contribution in [1.82, 2.24) is 20.9 Å². The Bertz CT molecular complexity index is 1320. The number of aromatic nitrogens is 1. The molecule has 0 fully saturated rings. The predicted molar refractivity (Wildman–Crippen MR) is 143 cm³/mol. The fraction of sp³-hybridized carbons (Fsp3) is 0.333. The molecule has 3 rings (SSSR count). The normalized spacial score (nSPS) is 15.0. The maximum absolute atomic E-state index is 12.8. The molecule has 1 heterocycles. The quantitative estimate of drug-likeness (QED) is 0.156. The van der Waals surface area contributed by atoms with E-state index in [0.29, 0.717) is 5.56 Å². The third-order valence-electron chi connectivity index (χ3n) is 6.26. The maximum Gasteiger partial charge on any atom is 0.326 e. The van der Waals surface area contributed by atoms with Gasteiger partial charge in [0.25, 0.3) is 0 Å². The number of aliphatic hydroxyl groups excluding tert-OH is 1. The average Bonchev–Trinajstić information content (AvgIpc) is 3.30. The number of nitrogens with two attached hydrogens (primary N) is 1. The minimum Gasteiger partial charge on any atom is -0.508 e. The lowest BCUT2D eigenvalue weighted by Gasteiger charge is -2.25. The van der Waals surface area contributed by atoms with E-state index in [1.54, 1.807) is 6.20 Å². The van der Waals surface area contributed by atoms with Crippen LogP contribution in [0.4, 0.5) is 0 Å². The van der Waals surface area contributed by atoms with Crippen molar-refractivity contribution in [2.75, 3.05) is 0 Å². The monoisotopic (exact) mass is 539 g/mol. The summed E-state index contributed by atoms with van der Waals surface area (Å²) in [7, 11) is 0. The molecule has 2 aromatic carbocycles. The fourth-order valence-electron chi connectivity index (χ4n) is 4.03. The lowest BCUT2D eigenvalue weighted by atomic mass is 10.0. The van der Waals surface area contributed by atoms with Gasteiger partial charge >= 0.3 is 5.97 Å². The van der Waals surface area contributed by atoms with Gasteiger partial charge in [-0.05, 0) is 49.6 Å². The van der Waals surface area contributed by atoms with Crippen LogP contribution in [0.1, 0.15) is 25.0 Å². The number of aromatic amines is 1. The van der Waals surface area contributed by atoms with Crippen LogP contribution in [0.15, 0.2) is 54.7 Å². The SMILES string of the molecule is CC(NC(=O)C(N)Cc1c[nH]c2ccccc12)C(=O)NC(C(=O)NC(Cc1ccc(O)cc1)C(=O)O)C(C)O. The molecule has 0 radical (unpaired) electrons. The molecule has 0 aliphatic heterocycles. The Hall–Kier alpha value is -4.42. The third-order valence-corrected chi connectivity index (χ3v) is 6.26. The number of aliphatic carboxylic acids is 1. The van der Waals surface area contributed by atoms with Crippen molar-refractivity contribution >= 4 is 34.6 Å². The van der Waals surface area contributed by atoms with E-state index in [2.05, 4.69) is 20.9 Å². The Labute approximate surface area is 224 Å². The van der Waals surface area contributed by atoms with Crippen LogP contribution >= 0.6 is 0 Å². The molecule has 12 nitrogen and oxygen atoms in total. The zero-order chi connectivity index (χ0) is 28.7. The number of phenolic OH excluding ortho intramolecular Hbond substituents is 1. The number of aromatic hydroxyl groups is 1. The Balaban J connectivity index is 1.58. The smallest absolute Gasteiger partial charge is 0.326 e. The first kappa shape index (κ1) is 29.1. The van der Waals surface area contributed by atoms with Crippen LogP contribution in [0, 0.1) is 0 Å². The molecule has 1 aromatic heterocycles. The Morgan fingerprint density at radius 3 is 2.21 bits per heavy atom. The molecule has 39 heavy (non-hydrogen) atoms. The summed E-state index contributed by atoms with van der Waals surface area (Å²) in [4.78, 5) is 53.1. The summed E-state index contributed by atoms with van der Waals surface area (Å²) in [6.45, 7) is 2.66. The molecule has 0 spiro atoms. The van der Waals surface area contributed by atoms with Crippen LogP contribution in [-0.4, -0.2) is 74.3 Å². The molecular weight excluding hydrogens is 506 g/mol. The minimum absolute atomic E-state index is 0.00618. The number of carbonyl (C=O) groups is 4. The number of carboxylic acids is 1. The highest BCUT2D eigenvalue weighted by molar-refractivity contribution is 5.94. The van der Waals surface area contributed by atoms with Gasteiger partial charge in [-0.25, -0.2) is 4.79 Å². The Morgan fingerprint density at radius 2 is 1.56 bits per heavy atom. The fourth-order valence-corrected chi connectivity index (χ4v) is 4.03.